The first-order valence-electron chi connectivity index (χ1n) is 9.30. The highest BCUT2D eigenvalue weighted by atomic mass is 35.5. The molecular weight excluding hydrogens is 417 g/mol. The zero-order valence-electron chi connectivity index (χ0n) is 15.7. The zero-order valence-corrected chi connectivity index (χ0v) is 17.3. The van der Waals surface area contributed by atoms with Crippen LogP contribution in [0.3, 0.4) is 0 Å². The third-order valence-corrected chi connectivity index (χ3v) is 7.44. The molecular formula is C21H21ClFNO4S. The quantitative estimate of drug-likeness (QED) is 0.666. The maximum Gasteiger partial charge on any atom is 0.223 e. The molecule has 1 heterocycles. The van der Waals surface area contributed by atoms with Crippen LogP contribution in [0.4, 0.5) is 4.39 Å². The maximum atomic E-state index is 14.1. The molecule has 154 valence electrons. The Balaban J connectivity index is 1.63. The van der Waals surface area contributed by atoms with Crippen molar-refractivity contribution in [3.63, 3.8) is 0 Å². The molecule has 3 rings (SSSR count). The normalized spacial score (nSPS) is 18.8. The fourth-order valence-corrected chi connectivity index (χ4v) is 5.37. The number of hydrogen-bond donors (Lipinski definition) is 0. The summed E-state index contributed by atoms with van der Waals surface area (Å²) in [5.41, 5.74) is 0.611. The second-order valence-corrected chi connectivity index (χ2v) is 9.72. The van der Waals surface area contributed by atoms with Crippen molar-refractivity contribution >= 4 is 33.1 Å². The number of sulfone groups is 1. The van der Waals surface area contributed by atoms with Crippen molar-refractivity contribution in [1.29, 1.82) is 0 Å². The molecule has 1 aliphatic heterocycles. The van der Waals surface area contributed by atoms with Crippen LogP contribution in [-0.4, -0.2) is 43.9 Å². The predicted molar refractivity (Wildman–Crippen MR) is 109 cm³/mol. The lowest BCUT2D eigenvalue weighted by Gasteiger charge is -2.20. The second kappa shape index (κ2) is 9.05. The predicted octanol–water partition coefficient (Wildman–Crippen LogP) is 3.83. The lowest BCUT2D eigenvalue weighted by atomic mass is 10.1. The first-order chi connectivity index (χ1) is 13.8. The summed E-state index contributed by atoms with van der Waals surface area (Å²) in [6.45, 7) is 0.244. The van der Waals surface area contributed by atoms with Crippen LogP contribution in [0, 0.1) is 5.82 Å². The summed E-state index contributed by atoms with van der Waals surface area (Å²) in [4.78, 5) is 26.2. The first kappa shape index (κ1) is 21.5. The Labute approximate surface area is 174 Å². The molecule has 0 saturated carbocycles. The standard InChI is InChI=1S/C21H21ClFNO4S/c22-16-7-5-15(6-8-16)19(25)9-10-21(26)24-12-11-20(29(27,28)14-13-24)17-3-1-2-4-18(17)23/h1-8,20H,9-14H2/t20-/m0/s1. The molecule has 29 heavy (non-hydrogen) atoms. The third kappa shape index (κ3) is 5.22. The van der Waals surface area contributed by atoms with Crippen molar-refractivity contribution in [3.8, 4) is 0 Å². The Bertz CT molecular complexity index is 1010. The molecule has 0 radical (unpaired) electrons. The van der Waals surface area contributed by atoms with Crippen LogP contribution < -0.4 is 0 Å². The summed E-state index contributed by atoms with van der Waals surface area (Å²) >= 11 is 5.81. The van der Waals surface area contributed by atoms with E-state index in [1.807, 2.05) is 0 Å². The molecule has 8 heteroatoms. The highest BCUT2D eigenvalue weighted by Crippen LogP contribution is 2.31. The lowest BCUT2D eigenvalue weighted by molar-refractivity contribution is -0.130. The van der Waals surface area contributed by atoms with Gasteiger partial charge in [0.05, 0.1) is 11.0 Å². The Morgan fingerprint density at radius 2 is 1.72 bits per heavy atom. The second-order valence-electron chi connectivity index (χ2n) is 6.98. The summed E-state index contributed by atoms with van der Waals surface area (Å²) in [5, 5.41) is -0.454. The zero-order chi connectivity index (χ0) is 21.0. The third-order valence-electron chi connectivity index (χ3n) is 5.08. The van der Waals surface area contributed by atoms with E-state index in [4.69, 9.17) is 11.6 Å². The highest BCUT2D eigenvalue weighted by molar-refractivity contribution is 7.91. The van der Waals surface area contributed by atoms with E-state index < -0.39 is 20.9 Å². The Morgan fingerprint density at radius 1 is 1.03 bits per heavy atom. The molecule has 2 aromatic carbocycles. The monoisotopic (exact) mass is 437 g/mol. The van der Waals surface area contributed by atoms with E-state index in [0.29, 0.717) is 10.6 Å². The van der Waals surface area contributed by atoms with Gasteiger partial charge in [0.1, 0.15) is 5.82 Å². The number of ketones is 1. The van der Waals surface area contributed by atoms with E-state index in [9.17, 15) is 22.4 Å². The van der Waals surface area contributed by atoms with Crippen LogP contribution in [-0.2, 0) is 14.6 Å². The van der Waals surface area contributed by atoms with Gasteiger partial charge in [-0.3, -0.25) is 9.59 Å². The summed E-state index contributed by atoms with van der Waals surface area (Å²) < 4.78 is 39.4. The topological polar surface area (TPSA) is 71.5 Å². The summed E-state index contributed by atoms with van der Waals surface area (Å²) in [6, 6.07) is 12.2. The van der Waals surface area contributed by atoms with Gasteiger partial charge in [-0.1, -0.05) is 29.8 Å². The van der Waals surface area contributed by atoms with E-state index in [-0.39, 0.29) is 55.4 Å². The van der Waals surface area contributed by atoms with Gasteiger partial charge in [-0.15, -0.1) is 0 Å². The first-order valence-corrected chi connectivity index (χ1v) is 11.4. The van der Waals surface area contributed by atoms with E-state index >= 15 is 0 Å². The SMILES string of the molecule is O=C(CCC(=O)N1CC[C@@H](c2ccccc2F)S(=O)(=O)CC1)c1ccc(Cl)cc1. The molecule has 1 amide bonds. The van der Waals surface area contributed by atoms with Gasteiger partial charge in [0.25, 0.3) is 0 Å². The van der Waals surface area contributed by atoms with Crippen LogP contribution in [0.15, 0.2) is 48.5 Å². The Kier molecular flexibility index (Phi) is 6.70. The average molecular weight is 438 g/mol. The lowest BCUT2D eigenvalue weighted by Crippen LogP contribution is -2.33. The van der Waals surface area contributed by atoms with Gasteiger partial charge >= 0.3 is 0 Å². The number of benzene rings is 2. The number of nitrogens with zero attached hydrogens (tertiary/aromatic N) is 1. The van der Waals surface area contributed by atoms with Gasteiger partial charge in [0.15, 0.2) is 15.6 Å². The molecule has 1 aliphatic rings. The van der Waals surface area contributed by atoms with E-state index in [0.717, 1.165) is 0 Å². The van der Waals surface area contributed by atoms with E-state index in [1.165, 1.54) is 23.1 Å². The van der Waals surface area contributed by atoms with Crippen LogP contribution in [0.5, 0.6) is 0 Å². The molecule has 5 nitrogen and oxygen atoms in total. The fraction of sp³-hybridized carbons (Fsp3) is 0.333. The summed E-state index contributed by atoms with van der Waals surface area (Å²) in [5.74, 6) is -1.25. The van der Waals surface area contributed by atoms with E-state index in [1.54, 1.807) is 30.3 Å². The molecule has 0 aliphatic carbocycles. The maximum absolute atomic E-state index is 14.1. The van der Waals surface area contributed by atoms with Crippen LogP contribution in [0.2, 0.25) is 5.02 Å². The molecule has 0 N–H and O–H groups in total. The molecule has 0 spiro atoms. The van der Waals surface area contributed by atoms with Gasteiger partial charge in [-0.05, 0) is 36.8 Å². The molecule has 0 aromatic heterocycles. The van der Waals surface area contributed by atoms with Crippen molar-refractivity contribution in [2.24, 2.45) is 0 Å². The van der Waals surface area contributed by atoms with Crippen molar-refractivity contribution < 1.29 is 22.4 Å². The molecule has 1 atom stereocenters. The molecule has 2 aromatic rings. The number of carbonyl (C=O) groups excluding carboxylic acids is 2. The average Bonchev–Trinajstić information content (AvgIpc) is 2.85. The van der Waals surface area contributed by atoms with Crippen molar-refractivity contribution in [2.75, 3.05) is 18.8 Å². The van der Waals surface area contributed by atoms with Crippen molar-refractivity contribution in [1.82, 2.24) is 4.90 Å². The van der Waals surface area contributed by atoms with Crippen LogP contribution in [0.25, 0.3) is 0 Å². The molecule has 1 saturated heterocycles. The summed E-state index contributed by atoms with van der Waals surface area (Å²) in [7, 11) is -3.59. The largest absolute Gasteiger partial charge is 0.342 e. The fourth-order valence-electron chi connectivity index (χ4n) is 3.44. The Morgan fingerprint density at radius 3 is 2.41 bits per heavy atom. The van der Waals surface area contributed by atoms with E-state index in [2.05, 4.69) is 0 Å². The smallest absolute Gasteiger partial charge is 0.223 e. The number of amides is 1. The van der Waals surface area contributed by atoms with Crippen LogP contribution >= 0.6 is 11.6 Å². The number of rotatable bonds is 5. The van der Waals surface area contributed by atoms with Crippen molar-refractivity contribution in [2.45, 2.75) is 24.5 Å². The Hall–Kier alpha value is -2.25. The highest BCUT2D eigenvalue weighted by Gasteiger charge is 2.34. The number of halogens is 2. The number of hydrogen-bond acceptors (Lipinski definition) is 4. The minimum atomic E-state index is -3.59. The minimum absolute atomic E-state index is 0.00806. The van der Waals surface area contributed by atoms with Crippen LogP contribution in [0.1, 0.15) is 40.4 Å². The molecule has 0 bridgehead atoms. The van der Waals surface area contributed by atoms with Crippen molar-refractivity contribution in [3.05, 3.63) is 70.5 Å². The molecule has 1 fully saturated rings. The van der Waals surface area contributed by atoms with Gasteiger partial charge in [0, 0.05) is 42.1 Å². The van der Waals surface area contributed by atoms with Gasteiger partial charge in [0.2, 0.25) is 5.91 Å². The summed E-state index contributed by atoms with van der Waals surface area (Å²) in [6.07, 6.45) is 0.145. The minimum Gasteiger partial charge on any atom is -0.342 e. The molecule has 0 unspecified atom stereocenters. The van der Waals surface area contributed by atoms with Gasteiger partial charge in [-0.25, -0.2) is 12.8 Å². The van der Waals surface area contributed by atoms with Gasteiger partial charge < -0.3 is 4.90 Å². The van der Waals surface area contributed by atoms with Gasteiger partial charge in [-0.2, -0.15) is 0 Å². The number of Topliss-reactive ketones (excluding diaryl/α,β-unsaturated/α-hetero) is 1. The number of carbonyl (C=O) groups is 2.